The number of ether oxygens (including phenoxy) is 1. The van der Waals surface area contributed by atoms with Crippen LogP contribution in [-0.2, 0) is 0 Å². The van der Waals surface area contributed by atoms with Crippen molar-refractivity contribution in [2.24, 2.45) is 5.73 Å². The number of rotatable bonds is 6. The molecule has 0 unspecified atom stereocenters. The van der Waals surface area contributed by atoms with E-state index in [2.05, 4.69) is 4.98 Å². The minimum absolute atomic E-state index is 0.00109. The van der Waals surface area contributed by atoms with E-state index in [0.717, 1.165) is 12.5 Å². The summed E-state index contributed by atoms with van der Waals surface area (Å²) in [4.78, 5) is 3.75. The Hall–Kier alpha value is -1.94. The van der Waals surface area contributed by atoms with E-state index < -0.39 is 12.0 Å². The maximum atomic E-state index is 12.7. The summed E-state index contributed by atoms with van der Waals surface area (Å²) in [5, 5.41) is 8.73. The van der Waals surface area contributed by atoms with Gasteiger partial charge in [0.1, 0.15) is 17.5 Å². The minimum atomic E-state index is -2.80. The van der Waals surface area contributed by atoms with Gasteiger partial charge >= 0.3 is 0 Å². The molecule has 0 amide bonds. The molecular formula is C11H14F2N4O. The van der Waals surface area contributed by atoms with Gasteiger partial charge in [-0.3, -0.25) is 0 Å². The van der Waals surface area contributed by atoms with Gasteiger partial charge in [0.2, 0.25) is 5.88 Å². The predicted molar refractivity (Wildman–Crippen MR) is 62.1 cm³/mol. The van der Waals surface area contributed by atoms with Crippen LogP contribution in [0, 0.1) is 11.3 Å². The lowest BCUT2D eigenvalue weighted by Crippen LogP contribution is -2.07. The van der Waals surface area contributed by atoms with Gasteiger partial charge in [-0.05, 0) is 19.4 Å². The van der Waals surface area contributed by atoms with Crippen LogP contribution in [0.2, 0.25) is 0 Å². The Labute approximate surface area is 103 Å². The van der Waals surface area contributed by atoms with E-state index in [-0.39, 0.29) is 17.3 Å². The molecule has 0 saturated carbocycles. The van der Waals surface area contributed by atoms with E-state index >= 15 is 0 Å². The molecule has 0 saturated heterocycles. The van der Waals surface area contributed by atoms with Gasteiger partial charge in [-0.1, -0.05) is 0 Å². The Morgan fingerprint density at radius 2 is 2.17 bits per heavy atom. The number of nitriles is 1. The molecular weight excluding hydrogens is 242 g/mol. The third-order valence-electron chi connectivity index (χ3n) is 2.25. The molecule has 0 radical (unpaired) electrons. The van der Waals surface area contributed by atoms with Crippen molar-refractivity contribution < 1.29 is 13.5 Å². The largest absolute Gasteiger partial charge is 0.478 e. The van der Waals surface area contributed by atoms with E-state index in [0.29, 0.717) is 19.6 Å². The van der Waals surface area contributed by atoms with Crippen molar-refractivity contribution in [2.75, 3.05) is 18.9 Å². The van der Waals surface area contributed by atoms with Crippen molar-refractivity contribution >= 4 is 5.82 Å². The number of nitrogen functional groups attached to an aromatic ring is 1. The molecule has 0 atom stereocenters. The van der Waals surface area contributed by atoms with E-state index in [1.807, 2.05) is 0 Å². The van der Waals surface area contributed by atoms with Gasteiger partial charge in [-0.2, -0.15) is 10.2 Å². The van der Waals surface area contributed by atoms with Crippen molar-refractivity contribution in [3.63, 3.8) is 0 Å². The van der Waals surface area contributed by atoms with Crippen LogP contribution in [0.5, 0.6) is 5.88 Å². The van der Waals surface area contributed by atoms with Crippen molar-refractivity contribution in [1.29, 1.82) is 5.26 Å². The third kappa shape index (κ3) is 3.53. The number of anilines is 1. The van der Waals surface area contributed by atoms with Gasteiger partial charge in [-0.25, -0.2) is 8.78 Å². The topological polar surface area (TPSA) is 97.9 Å². The molecule has 4 N–H and O–H groups in total. The number of aromatic nitrogens is 1. The quantitative estimate of drug-likeness (QED) is 0.753. The molecule has 0 fully saturated rings. The molecule has 5 nitrogen and oxygen atoms in total. The van der Waals surface area contributed by atoms with Gasteiger partial charge in [0.25, 0.3) is 6.43 Å². The normalized spacial score (nSPS) is 10.4. The second-order valence-electron chi connectivity index (χ2n) is 3.57. The van der Waals surface area contributed by atoms with E-state index in [9.17, 15) is 8.78 Å². The summed E-state index contributed by atoms with van der Waals surface area (Å²) in [6.07, 6.45) is -1.33. The number of halogens is 2. The van der Waals surface area contributed by atoms with Crippen LogP contribution < -0.4 is 16.2 Å². The smallest absolute Gasteiger partial charge is 0.265 e. The molecule has 1 aromatic rings. The zero-order valence-corrected chi connectivity index (χ0v) is 9.70. The van der Waals surface area contributed by atoms with Gasteiger partial charge in [-0.15, -0.1) is 0 Å². The number of alkyl halides is 2. The first kappa shape index (κ1) is 14.1. The summed E-state index contributed by atoms with van der Waals surface area (Å²) in [5.74, 6) is -0.247. The van der Waals surface area contributed by atoms with Gasteiger partial charge in [0.05, 0.1) is 6.61 Å². The lowest BCUT2D eigenvalue weighted by molar-refractivity contribution is 0.150. The van der Waals surface area contributed by atoms with Crippen LogP contribution in [0.25, 0.3) is 0 Å². The van der Waals surface area contributed by atoms with Crippen molar-refractivity contribution in [3.8, 4) is 11.9 Å². The lowest BCUT2D eigenvalue weighted by atomic mass is 10.1. The van der Waals surface area contributed by atoms with Crippen LogP contribution in [0.15, 0.2) is 6.07 Å². The molecule has 1 rings (SSSR count). The van der Waals surface area contributed by atoms with Crippen LogP contribution in [0.3, 0.4) is 0 Å². The first-order valence-electron chi connectivity index (χ1n) is 5.41. The summed E-state index contributed by atoms with van der Waals surface area (Å²) in [7, 11) is 0. The average Bonchev–Trinajstić information content (AvgIpc) is 2.34. The molecule has 0 aliphatic heterocycles. The van der Waals surface area contributed by atoms with Gasteiger partial charge < -0.3 is 16.2 Å². The third-order valence-corrected chi connectivity index (χ3v) is 2.25. The molecule has 0 aliphatic carbocycles. The molecule has 0 aromatic carbocycles. The summed E-state index contributed by atoms with van der Waals surface area (Å²) in [6.45, 7) is 0.854. The second-order valence-corrected chi connectivity index (χ2v) is 3.57. The van der Waals surface area contributed by atoms with Crippen molar-refractivity contribution in [1.82, 2.24) is 4.98 Å². The highest BCUT2D eigenvalue weighted by Crippen LogP contribution is 2.28. The fraction of sp³-hybridized carbons (Fsp3) is 0.455. The number of pyridine rings is 1. The maximum absolute atomic E-state index is 12.7. The first-order chi connectivity index (χ1) is 8.60. The summed E-state index contributed by atoms with van der Waals surface area (Å²) >= 11 is 0. The molecule has 18 heavy (non-hydrogen) atoms. The van der Waals surface area contributed by atoms with E-state index in [1.165, 1.54) is 0 Å². The number of hydrogen-bond acceptors (Lipinski definition) is 5. The summed E-state index contributed by atoms with van der Waals surface area (Å²) in [5.41, 5.74) is 9.98. The zero-order chi connectivity index (χ0) is 13.5. The van der Waals surface area contributed by atoms with Gasteiger partial charge in [0.15, 0.2) is 0 Å². The predicted octanol–water partition coefficient (Wildman–Crippen LogP) is 1.59. The molecule has 0 bridgehead atoms. The van der Waals surface area contributed by atoms with Crippen LogP contribution in [0.4, 0.5) is 14.6 Å². The number of nitrogens with zero attached hydrogens (tertiary/aromatic N) is 2. The van der Waals surface area contributed by atoms with Crippen molar-refractivity contribution in [2.45, 2.75) is 19.3 Å². The standard InChI is InChI=1S/C11H14F2N4O/c12-10(13)7-5-9(18-4-2-1-3-14)17-11(16)8(7)6-15/h5,10H,1-4,14H2,(H2,16,17). The Kier molecular flexibility index (Phi) is 5.27. The Morgan fingerprint density at radius 3 is 2.72 bits per heavy atom. The fourth-order valence-corrected chi connectivity index (χ4v) is 1.35. The van der Waals surface area contributed by atoms with Crippen LogP contribution in [0.1, 0.15) is 30.4 Å². The molecule has 98 valence electrons. The van der Waals surface area contributed by atoms with Crippen LogP contribution in [-0.4, -0.2) is 18.1 Å². The van der Waals surface area contributed by atoms with E-state index in [1.54, 1.807) is 6.07 Å². The lowest BCUT2D eigenvalue weighted by Gasteiger charge is -2.09. The average molecular weight is 256 g/mol. The summed E-state index contributed by atoms with van der Waals surface area (Å²) in [6, 6.07) is 2.65. The molecule has 1 aromatic heterocycles. The van der Waals surface area contributed by atoms with Crippen LogP contribution >= 0.6 is 0 Å². The first-order valence-corrected chi connectivity index (χ1v) is 5.41. The number of unbranched alkanes of at least 4 members (excludes halogenated alkanes) is 1. The molecule has 0 spiro atoms. The van der Waals surface area contributed by atoms with E-state index in [4.69, 9.17) is 21.5 Å². The number of nitrogens with two attached hydrogens (primary N) is 2. The highest BCUT2D eigenvalue weighted by atomic mass is 19.3. The SMILES string of the molecule is N#Cc1c(C(F)F)cc(OCCCCN)nc1N. The Balaban J connectivity index is 2.85. The maximum Gasteiger partial charge on any atom is 0.265 e. The Bertz CT molecular complexity index is 445. The Morgan fingerprint density at radius 1 is 1.44 bits per heavy atom. The van der Waals surface area contributed by atoms with Crippen molar-refractivity contribution in [3.05, 3.63) is 17.2 Å². The molecule has 1 heterocycles. The monoisotopic (exact) mass is 256 g/mol. The second kappa shape index (κ2) is 6.71. The number of hydrogen-bond donors (Lipinski definition) is 2. The highest BCUT2D eigenvalue weighted by Gasteiger charge is 2.18. The minimum Gasteiger partial charge on any atom is -0.478 e. The molecule has 7 heteroatoms. The highest BCUT2D eigenvalue weighted by molar-refractivity contribution is 5.55. The molecule has 0 aliphatic rings. The van der Waals surface area contributed by atoms with Gasteiger partial charge in [0, 0.05) is 11.6 Å². The summed E-state index contributed by atoms with van der Waals surface area (Å²) < 4.78 is 30.6. The fourth-order valence-electron chi connectivity index (χ4n) is 1.35. The zero-order valence-electron chi connectivity index (χ0n) is 9.70.